The van der Waals surface area contributed by atoms with Gasteiger partial charge in [0.25, 0.3) is 0 Å². The van der Waals surface area contributed by atoms with Gasteiger partial charge < -0.3 is 0 Å². The number of ketones is 1. The molecule has 98 valence electrons. The molecule has 0 amide bonds. The highest BCUT2D eigenvalue weighted by Gasteiger charge is 2.17. The molecule has 2 rings (SSSR count). The van der Waals surface area contributed by atoms with E-state index in [1.54, 1.807) is 24.3 Å². The van der Waals surface area contributed by atoms with Crippen molar-refractivity contribution in [3.8, 4) is 0 Å². The van der Waals surface area contributed by atoms with E-state index < -0.39 is 0 Å². The average molecular weight is 296 g/mol. The molecule has 0 spiro atoms. The molecule has 0 unspecified atom stereocenters. The van der Waals surface area contributed by atoms with E-state index in [9.17, 15) is 4.79 Å². The predicted molar refractivity (Wildman–Crippen MR) is 75.4 cm³/mol. The minimum atomic E-state index is -0.214. The van der Waals surface area contributed by atoms with Crippen molar-refractivity contribution in [2.45, 2.75) is 13.3 Å². The standard InChI is InChI=1S/C13H11Cl2N3O/c1-2-3-12(18-8-16-7-17-18)13(19)10-5-4-9(14)6-11(10)15/h3-8H,2H2,1H3/b12-3-. The van der Waals surface area contributed by atoms with Gasteiger partial charge in [0.1, 0.15) is 18.4 Å². The molecule has 19 heavy (non-hydrogen) atoms. The van der Waals surface area contributed by atoms with E-state index in [0.29, 0.717) is 27.7 Å². The van der Waals surface area contributed by atoms with Gasteiger partial charge in [-0.1, -0.05) is 36.2 Å². The number of Topliss-reactive ketones (excluding diaryl/α,β-unsaturated/α-hetero) is 1. The first-order valence-corrected chi connectivity index (χ1v) is 6.44. The maximum absolute atomic E-state index is 12.5. The van der Waals surface area contributed by atoms with Crippen molar-refractivity contribution in [3.63, 3.8) is 0 Å². The molecule has 1 aromatic carbocycles. The molecule has 2 aromatic rings. The lowest BCUT2D eigenvalue weighted by Crippen LogP contribution is -2.10. The van der Waals surface area contributed by atoms with Crippen LogP contribution in [0.5, 0.6) is 0 Å². The Morgan fingerprint density at radius 2 is 2.21 bits per heavy atom. The van der Waals surface area contributed by atoms with Crippen LogP contribution in [0.3, 0.4) is 0 Å². The van der Waals surface area contributed by atoms with Gasteiger partial charge in [-0.15, -0.1) is 0 Å². The van der Waals surface area contributed by atoms with E-state index in [-0.39, 0.29) is 5.78 Å². The lowest BCUT2D eigenvalue weighted by Gasteiger charge is -2.08. The van der Waals surface area contributed by atoms with Crippen molar-refractivity contribution < 1.29 is 4.79 Å². The van der Waals surface area contributed by atoms with E-state index in [2.05, 4.69) is 10.1 Å². The molecule has 4 nitrogen and oxygen atoms in total. The molecule has 0 aliphatic carbocycles. The normalized spacial score (nSPS) is 11.6. The number of carbonyl (C=O) groups excluding carboxylic acids is 1. The highest BCUT2D eigenvalue weighted by molar-refractivity contribution is 6.39. The van der Waals surface area contributed by atoms with Crippen molar-refractivity contribution >= 4 is 34.7 Å². The molecule has 1 aromatic heterocycles. The first-order chi connectivity index (χ1) is 9.13. The van der Waals surface area contributed by atoms with Gasteiger partial charge in [-0.05, 0) is 24.6 Å². The molecule has 0 atom stereocenters. The number of halogens is 2. The molecular formula is C13H11Cl2N3O. The van der Waals surface area contributed by atoms with Crippen LogP contribution in [0.15, 0.2) is 36.9 Å². The maximum atomic E-state index is 12.5. The Labute approximate surface area is 120 Å². The molecule has 0 radical (unpaired) electrons. The number of nitrogens with zero attached hydrogens (tertiary/aromatic N) is 3. The summed E-state index contributed by atoms with van der Waals surface area (Å²) in [7, 11) is 0. The fourth-order valence-corrected chi connectivity index (χ4v) is 2.12. The van der Waals surface area contributed by atoms with E-state index in [1.807, 2.05) is 6.92 Å². The third kappa shape index (κ3) is 3.03. The number of carbonyl (C=O) groups is 1. The van der Waals surface area contributed by atoms with Crippen LogP contribution in [-0.2, 0) is 0 Å². The van der Waals surface area contributed by atoms with E-state index in [1.165, 1.54) is 17.3 Å². The Morgan fingerprint density at radius 3 is 2.79 bits per heavy atom. The third-order valence-electron chi connectivity index (χ3n) is 2.47. The van der Waals surface area contributed by atoms with Crippen molar-refractivity contribution in [2.24, 2.45) is 0 Å². The average Bonchev–Trinajstić information content (AvgIpc) is 2.89. The van der Waals surface area contributed by atoms with Gasteiger partial charge in [0, 0.05) is 10.6 Å². The minimum absolute atomic E-state index is 0.214. The summed E-state index contributed by atoms with van der Waals surface area (Å²) in [5.74, 6) is -0.214. The number of rotatable bonds is 4. The van der Waals surface area contributed by atoms with Gasteiger partial charge in [-0.25, -0.2) is 9.67 Å². The van der Waals surface area contributed by atoms with Gasteiger partial charge in [0.2, 0.25) is 5.78 Å². The highest BCUT2D eigenvalue weighted by Crippen LogP contribution is 2.24. The van der Waals surface area contributed by atoms with Crippen LogP contribution < -0.4 is 0 Å². The summed E-state index contributed by atoms with van der Waals surface area (Å²) >= 11 is 11.9. The Bertz CT molecular complexity index is 621. The van der Waals surface area contributed by atoms with Gasteiger partial charge in [-0.2, -0.15) is 5.10 Å². The van der Waals surface area contributed by atoms with Crippen LogP contribution >= 0.6 is 23.2 Å². The van der Waals surface area contributed by atoms with Crippen LogP contribution in [-0.4, -0.2) is 20.5 Å². The monoisotopic (exact) mass is 295 g/mol. The molecule has 0 saturated heterocycles. The third-order valence-corrected chi connectivity index (χ3v) is 3.02. The molecule has 0 saturated carbocycles. The number of aromatic nitrogens is 3. The molecule has 0 aliphatic heterocycles. The van der Waals surface area contributed by atoms with Crippen LogP contribution in [0.1, 0.15) is 23.7 Å². The highest BCUT2D eigenvalue weighted by atomic mass is 35.5. The Balaban J connectivity index is 2.43. The SMILES string of the molecule is CC/C=C(/C(=O)c1ccc(Cl)cc1Cl)n1cncn1. The van der Waals surface area contributed by atoms with Crippen molar-refractivity contribution in [1.29, 1.82) is 0 Å². The quantitative estimate of drug-likeness (QED) is 0.638. The first kappa shape index (κ1) is 13.8. The Morgan fingerprint density at radius 1 is 1.42 bits per heavy atom. The van der Waals surface area contributed by atoms with E-state index >= 15 is 0 Å². The molecule has 0 N–H and O–H groups in total. The van der Waals surface area contributed by atoms with E-state index in [0.717, 1.165) is 0 Å². The Kier molecular flexibility index (Phi) is 4.35. The molecular weight excluding hydrogens is 285 g/mol. The second-order valence-corrected chi connectivity index (χ2v) is 4.63. The zero-order chi connectivity index (χ0) is 13.8. The number of allylic oxidation sites excluding steroid dienone is 2. The van der Waals surface area contributed by atoms with Crippen molar-refractivity contribution in [2.75, 3.05) is 0 Å². The molecule has 0 aliphatic rings. The van der Waals surface area contributed by atoms with Crippen LogP contribution in [0.4, 0.5) is 0 Å². The Hall–Kier alpha value is -1.65. The summed E-state index contributed by atoms with van der Waals surface area (Å²) in [4.78, 5) is 16.3. The molecule has 0 bridgehead atoms. The largest absolute Gasteiger partial charge is 0.287 e. The predicted octanol–water partition coefficient (Wildman–Crippen LogP) is 3.72. The molecule has 0 fully saturated rings. The topological polar surface area (TPSA) is 47.8 Å². The zero-order valence-corrected chi connectivity index (χ0v) is 11.7. The summed E-state index contributed by atoms with van der Waals surface area (Å²) in [6.07, 6.45) is 5.33. The van der Waals surface area contributed by atoms with Crippen LogP contribution in [0.25, 0.3) is 5.70 Å². The number of hydrogen-bond donors (Lipinski definition) is 0. The van der Waals surface area contributed by atoms with Crippen molar-refractivity contribution in [1.82, 2.24) is 14.8 Å². The lowest BCUT2D eigenvalue weighted by atomic mass is 10.1. The van der Waals surface area contributed by atoms with Gasteiger partial charge in [0.15, 0.2) is 0 Å². The first-order valence-electron chi connectivity index (χ1n) is 5.68. The van der Waals surface area contributed by atoms with Crippen LogP contribution in [0, 0.1) is 0 Å². The van der Waals surface area contributed by atoms with Gasteiger partial charge in [-0.3, -0.25) is 4.79 Å². The second kappa shape index (κ2) is 5.99. The fraction of sp³-hybridized carbons (Fsp3) is 0.154. The second-order valence-electron chi connectivity index (χ2n) is 3.79. The maximum Gasteiger partial charge on any atom is 0.212 e. The summed E-state index contributed by atoms with van der Waals surface area (Å²) in [6.45, 7) is 1.94. The smallest absolute Gasteiger partial charge is 0.212 e. The van der Waals surface area contributed by atoms with Gasteiger partial charge in [0.05, 0.1) is 5.02 Å². The van der Waals surface area contributed by atoms with Gasteiger partial charge >= 0.3 is 0 Å². The van der Waals surface area contributed by atoms with Crippen LogP contribution in [0.2, 0.25) is 10.0 Å². The minimum Gasteiger partial charge on any atom is -0.287 e. The van der Waals surface area contributed by atoms with E-state index in [4.69, 9.17) is 23.2 Å². The summed E-state index contributed by atoms with van der Waals surface area (Å²) in [5, 5.41) is 4.78. The van der Waals surface area contributed by atoms with Crippen molar-refractivity contribution in [3.05, 3.63) is 52.5 Å². The summed E-state index contributed by atoms with van der Waals surface area (Å²) < 4.78 is 1.43. The zero-order valence-electron chi connectivity index (χ0n) is 10.2. The lowest BCUT2D eigenvalue weighted by molar-refractivity contribution is 0.105. The summed E-state index contributed by atoms with van der Waals surface area (Å²) in [6, 6.07) is 4.78. The number of hydrogen-bond acceptors (Lipinski definition) is 3. The molecule has 1 heterocycles. The number of benzene rings is 1. The fourth-order valence-electron chi connectivity index (χ4n) is 1.63. The molecule has 6 heteroatoms. The summed E-state index contributed by atoms with van der Waals surface area (Å²) in [5.41, 5.74) is 0.811.